The Morgan fingerprint density at radius 1 is 1.05 bits per heavy atom. The number of benzene rings is 2. The van der Waals surface area contributed by atoms with Gasteiger partial charge in [0.15, 0.2) is 0 Å². The van der Waals surface area contributed by atoms with Crippen LogP contribution in [0.1, 0.15) is 9.67 Å². The summed E-state index contributed by atoms with van der Waals surface area (Å²) in [6.45, 7) is 0. The number of hydrogen-bond acceptors (Lipinski definition) is 3. The highest BCUT2D eigenvalue weighted by molar-refractivity contribution is 7.20. The first-order chi connectivity index (χ1) is 9.24. The molecule has 2 N–H and O–H groups in total. The van der Waals surface area contributed by atoms with Crippen LogP contribution in [-0.2, 0) is 0 Å². The summed E-state index contributed by atoms with van der Waals surface area (Å²) in [4.78, 5) is 12.8. The Balaban J connectivity index is 1.90. The fourth-order valence-electron chi connectivity index (χ4n) is 1.86. The second-order valence-electron chi connectivity index (χ2n) is 4.12. The summed E-state index contributed by atoms with van der Waals surface area (Å²) in [5, 5.41) is 13.4. The molecule has 2 aromatic carbocycles. The molecule has 94 valence electrons. The van der Waals surface area contributed by atoms with Crippen LogP contribution in [0, 0.1) is 0 Å². The standard InChI is InChI=1S/C15H11NO2S/c17-12-7-3-2-6-11(12)16-15(18)14-9-10-5-1-4-8-13(10)19-14/h1-9,17H,(H,16,18). The van der Waals surface area contributed by atoms with Crippen LogP contribution in [0.3, 0.4) is 0 Å². The van der Waals surface area contributed by atoms with Crippen LogP contribution in [0.5, 0.6) is 5.75 Å². The lowest BCUT2D eigenvalue weighted by atomic mass is 10.2. The summed E-state index contributed by atoms with van der Waals surface area (Å²) in [7, 11) is 0. The number of hydrogen-bond donors (Lipinski definition) is 2. The molecule has 3 nitrogen and oxygen atoms in total. The molecule has 0 unspecified atom stereocenters. The van der Waals surface area contributed by atoms with Gasteiger partial charge < -0.3 is 10.4 Å². The number of fused-ring (bicyclic) bond motifs is 1. The highest BCUT2D eigenvalue weighted by atomic mass is 32.1. The van der Waals surface area contributed by atoms with Crippen LogP contribution in [0.2, 0.25) is 0 Å². The number of para-hydroxylation sites is 2. The minimum absolute atomic E-state index is 0.0666. The molecule has 0 radical (unpaired) electrons. The van der Waals surface area contributed by atoms with Gasteiger partial charge >= 0.3 is 0 Å². The van der Waals surface area contributed by atoms with E-state index in [9.17, 15) is 9.90 Å². The molecule has 0 saturated carbocycles. The first kappa shape index (κ1) is 11.7. The van der Waals surface area contributed by atoms with Gasteiger partial charge in [-0.05, 0) is 29.7 Å². The first-order valence-corrected chi connectivity index (χ1v) is 6.63. The van der Waals surface area contributed by atoms with Crippen molar-refractivity contribution in [1.29, 1.82) is 0 Å². The lowest BCUT2D eigenvalue weighted by Gasteiger charge is -2.04. The van der Waals surface area contributed by atoms with Gasteiger partial charge in [-0.1, -0.05) is 30.3 Å². The molecule has 3 aromatic rings. The number of rotatable bonds is 2. The summed E-state index contributed by atoms with van der Waals surface area (Å²) >= 11 is 1.44. The maximum atomic E-state index is 12.1. The topological polar surface area (TPSA) is 49.3 Å². The third-order valence-corrected chi connectivity index (χ3v) is 3.92. The summed E-state index contributed by atoms with van der Waals surface area (Å²) in [5.74, 6) is -0.139. The Labute approximate surface area is 114 Å². The van der Waals surface area contributed by atoms with Gasteiger partial charge in [-0.25, -0.2) is 0 Å². The summed E-state index contributed by atoms with van der Waals surface area (Å²) in [5.41, 5.74) is 0.421. The van der Waals surface area contributed by atoms with Gasteiger partial charge in [0.25, 0.3) is 5.91 Å². The Morgan fingerprint density at radius 3 is 2.58 bits per heavy atom. The molecule has 0 aliphatic carbocycles. The maximum absolute atomic E-state index is 12.1. The van der Waals surface area contributed by atoms with Gasteiger partial charge in [-0.2, -0.15) is 0 Å². The van der Waals surface area contributed by atoms with Crippen molar-refractivity contribution in [3.63, 3.8) is 0 Å². The molecular formula is C15H11NO2S. The second-order valence-corrected chi connectivity index (χ2v) is 5.20. The van der Waals surface area contributed by atoms with Crippen molar-refractivity contribution in [2.75, 3.05) is 5.32 Å². The van der Waals surface area contributed by atoms with Crippen molar-refractivity contribution >= 4 is 33.0 Å². The maximum Gasteiger partial charge on any atom is 0.265 e. The molecule has 4 heteroatoms. The fraction of sp³-hybridized carbons (Fsp3) is 0. The number of carbonyl (C=O) groups is 1. The van der Waals surface area contributed by atoms with E-state index in [4.69, 9.17) is 0 Å². The lowest BCUT2D eigenvalue weighted by molar-refractivity contribution is 0.103. The average molecular weight is 269 g/mol. The van der Waals surface area contributed by atoms with E-state index in [-0.39, 0.29) is 11.7 Å². The van der Waals surface area contributed by atoms with E-state index in [0.29, 0.717) is 10.6 Å². The monoisotopic (exact) mass is 269 g/mol. The van der Waals surface area contributed by atoms with E-state index in [1.54, 1.807) is 24.3 Å². The Morgan fingerprint density at radius 2 is 1.79 bits per heavy atom. The lowest BCUT2D eigenvalue weighted by Crippen LogP contribution is -2.09. The van der Waals surface area contributed by atoms with E-state index in [1.807, 2.05) is 30.3 Å². The summed E-state index contributed by atoms with van der Waals surface area (Å²) < 4.78 is 1.07. The number of aromatic hydroxyl groups is 1. The van der Waals surface area contributed by atoms with Crippen molar-refractivity contribution in [2.45, 2.75) is 0 Å². The highest BCUT2D eigenvalue weighted by Crippen LogP contribution is 2.27. The predicted molar refractivity (Wildman–Crippen MR) is 77.9 cm³/mol. The molecular weight excluding hydrogens is 258 g/mol. The SMILES string of the molecule is O=C(Nc1ccccc1O)c1cc2ccccc2s1. The highest BCUT2D eigenvalue weighted by Gasteiger charge is 2.11. The molecule has 0 spiro atoms. The third kappa shape index (κ3) is 2.30. The molecule has 3 rings (SSSR count). The van der Waals surface area contributed by atoms with Gasteiger partial charge in [0.1, 0.15) is 5.75 Å². The molecule has 1 aromatic heterocycles. The molecule has 0 atom stereocenters. The van der Waals surface area contributed by atoms with Crippen molar-refractivity contribution in [3.8, 4) is 5.75 Å². The number of nitrogens with one attached hydrogen (secondary N) is 1. The van der Waals surface area contributed by atoms with Crippen LogP contribution >= 0.6 is 11.3 Å². The Hall–Kier alpha value is -2.33. The minimum Gasteiger partial charge on any atom is -0.506 e. The summed E-state index contributed by atoms with van der Waals surface area (Å²) in [6, 6.07) is 16.4. The van der Waals surface area contributed by atoms with E-state index >= 15 is 0 Å². The van der Waals surface area contributed by atoms with Crippen LogP contribution in [0.4, 0.5) is 5.69 Å². The zero-order valence-electron chi connectivity index (χ0n) is 9.96. The number of anilines is 1. The van der Waals surface area contributed by atoms with Gasteiger partial charge in [-0.15, -0.1) is 11.3 Å². The molecule has 0 bridgehead atoms. The zero-order chi connectivity index (χ0) is 13.2. The van der Waals surface area contributed by atoms with E-state index in [2.05, 4.69) is 5.32 Å². The van der Waals surface area contributed by atoms with Gasteiger partial charge in [0.2, 0.25) is 0 Å². The van der Waals surface area contributed by atoms with E-state index in [0.717, 1.165) is 10.1 Å². The van der Waals surface area contributed by atoms with Gasteiger partial charge in [-0.3, -0.25) is 4.79 Å². The zero-order valence-corrected chi connectivity index (χ0v) is 10.8. The van der Waals surface area contributed by atoms with E-state index < -0.39 is 0 Å². The molecule has 0 fully saturated rings. The Kier molecular flexibility index (Phi) is 2.93. The third-order valence-electron chi connectivity index (χ3n) is 2.80. The van der Waals surface area contributed by atoms with Crippen molar-refractivity contribution in [3.05, 3.63) is 59.5 Å². The predicted octanol–water partition coefficient (Wildman–Crippen LogP) is 3.86. The van der Waals surface area contributed by atoms with Crippen LogP contribution in [0.15, 0.2) is 54.6 Å². The number of phenolic OH excluding ortho intramolecular Hbond substituents is 1. The van der Waals surface area contributed by atoms with Crippen molar-refractivity contribution in [2.24, 2.45) is 0 Å². The fourth-order valence-corrected chi connectivity index (χ4v) is 2.82. The molecule has 0 aliphatic rings. The van der Waals surface area contributed by atoms with Crippen LogP contribution < -0.4 is 5.32 Å². The largest absolute Gasteiger partial charge is 0.506 e. The first-order valence-electron chi connectivity index (χ1n) is 5.82. The van der Waals surface area contributed by atoms with E-state index in [1.165, 1.54) is 11.3 Å². The Bertz CT molecular complexity index is 715. The van der Waals surface area contributed by atoms with Gasteiger partial charge in [0.05, 0.1) is 10.6 Å². The molecule has 1 heterocycles. The van der Waals surface area contributed by atoms with Gasteiger partial charge in [0, 0.05) is 4.70 Å². The van der Waals surface area contributed by atoms with Crippen molar-refractivity contribution in [1.82, 2.24) is 0 Å². The number of thiophene rings is 1. The number of carbonyl (C=O) groups excluding carboxylic acids is 1. The molecule has 0 aliphatic heterocycles. The van der Waals surface area contributed by atoms with Crippen molar-refractivity contribution < 1.29 is 9.90 Å². The minimum atomic E-state index is -0.206. The second kappa shape index (κ2) is 4.74. The number of phenols is 1. The normalized spacial score (nSPS) is 10.5. The number of amides is 1. The average Bonchev–Trinajstić information content (AvgIpc) is 2.85. The quantitative estimate of drug-likeness (QED) is 0.694. The molecule has 1 amide bonds. The smallest absolute Gasteiger partial charge is 0.265 e. The van der Waals surface area contributed by atoms with Crippen LogP contribution in [-0.4, -0.2) is 11.0 Å². The summed E-state index contributed by atoms with van der Waals surface area (Å²) in [6.07, 6.45) is 0. The molecule has 19 heavy (non-hydrogen) atoms. The molecule has 0 saturated heterocycles. The van der Waals surface area contributed by atoms with Crippen LogP contribution in [0.25, 0.3) is 10.1 Å².